The molecule has 1 aliphatic heterocycles. The number of thioether (sulfide) groups is 1. The molecule has 0 spiro atoms. The fraction of sp³-hybridized carbons (Fsp3) is 0.412. The molecule has 1 aliphatic rings. The van der Waals surface area contributed by atoms with Crippen LogP contribution < -0.4 is 4.90 Å². The molecule has 1 fully saturated rings. The maximum atomic E-state index is 12.9. The quantitative estimate of drug-likeness (QED) is 0.858. The van der Waals surface area contributed by atoms with E-state index in [0.717, 1.165) is 29.8 Å². The molecule has 2 aromatic rings. The van der Waals surface area contributed by atoms with E-state index in [1.54, 1.807) is 15.8 Å². The predicted molar refractivity (Wildman–Crippen MR) is 92.9 cm³/mol. The first-order valence-corrected chi connectivity index (χ1v) is 8.72. The Morgan fingerprint density at radius 2 is 2.21 bits per heavy atom. The number of carbonyl (C=O) groups excluding carboxylic acids is 1. The summed E-state index contributed by atoms with van der Waals surface area (Å²) in [4.78, 5) is 19.1. The molecule has 6 nitrogen and oxygen atoms in total. The molecule has 0 bridgehead atoms. The Hall–Kier alpha value is -2.33. The normalized spacial score (nSPS) is 17.8. The Morgan fingerprint density at radius 3 is 2.88 bits per heavy atom. The zero-order chi connectivity index (χ0) is 17.3. The van der Waals surface area contributed by atoms with E-state index in [1.807, 2.05) is 33.2 Å². The highest BCUT2D eigenvalue weighted by Gasteiger charge is 2.32. The van der Waals surface area contributed by atoms with Crippen molar-refractivity contribution < 1.29 is 4.79 Å². The van der Waals surface area contributed by atoms with Gasteiger partial charge in [-0.15, -0.1) is 0 Å². The SMILES string of the molecule is Cc1cc(C)c(C#N)c(SC2CCCN(c3cnn(C)c3)C2=O)n1. The van der Waals surface area contributed by atoms with Gasteiger partial charge in [-0.05, 0) is 38.3 Å². The third-order valence-electron chi connectivity index (χ3n) is 4.07. The summed E-state index contributed by atoms with van der Waals surface area (Å²) in [5.41, 5.74) is 3.15. The number of rotatable bonds is 3. The number of piperidine rings is 1. The molecular formula is C17H19N5OS. The summed E-state index contributed by atoms with van der Waals surface area (Å²) in [5, 5.41) is 14.0. The van der Waals surface area contributed by atoms with Crippen molar-refractivity contribution in [2.24, 2.45) is 7.05 Å². The van der Waals surface area contributed by atoms with Crippen LogP contribution in [0.4, 0.5) is 5.69 Å². The van der Waals surface area contributed by atoms with Crippen LogP contribution in [0.3, 0.4) is 0 Å². The molecule has 1 atom stereocenters. The lowest BCUT2D eigenvalue weighted by Gasteiger charge is -2.31. The third kappa shape index (κ3) is 3.15. The van der Waals surface area contributed by atoms with Crippen LogP contribution in [0, 0.1) is 25.2 Å². The fourth-order valence-corrected chi connectivity index (χ4v) is 4.22. The number of pyridine rings is 1. The summed E-state index contributed by atoms with van der Waals surface area (Å²) < 4.78 is 1.69. The van der Waals surface area contributed by atoms with Crippen molar-refractivity contribution >= 4 is 23.4 Å². The van der Waals surface area contributed by atoms with E-state index in [1.165, 1.54) is 11.8 Å². The van der Waals surface area contributed by atoms with Crippen molar-refractivity contribution in [2.45, 2.75) is 37.0 Å². The fourth-order valence-electron chi connectivity index (χ4n) is 2.91. The van der Waals surface area contributed by atoms with Gasteiger partial charge >= 0.3 is 0 Å². The van der Waals surface area contributed by atoms with Crippen LogP contribution in [0.25, 0.3) is 0 Å². The molecule has 1 unspecified atom stereocenters. The van der Waals surface area contributed by atoms with Crippen LogP contribution in [0.5, 0.6) is 0 Å². The van der Waals surface area contributed by atoms with Crippen molar-refractivity contribution in [2.75, 3.05) is 11.4 Å². The summed E-state index contributed by atoms with van der Waals surface area (Å²) in [6.07, 6.45) is 5.27. The zero-order valence-corrected chi connectivity index (χ0v) is 14.8. The van der Waals surface area contributed by atoms with Crippen molar-refractivity contribution in [3.05, 3.63) is 35.3 Å². The van der Waals surface area contributed by atoms with Crippen molar-refractivity contribution in [3.63, 3.8) is 0 Å². The second-order valence-electron chi connectivity index (χ2n) is 5.98. The van der Waals surface area contributed by atoms with Crippen LogP contribution in [0.1, 0.15) is 29.7 Å². The van der Waals surface area contributed by atoms with Gasteiger partial charge in [-0.25, -0.2) is 4.98 Å². The molecule has 2 aromatic heterocycles. The van der Waals surface area contributed by atoms with Crippen LogP contribution in [0.2, 0.25) is 0 Å². The number of anilines is 1. The maximum Gasteiger partial charge on any atom is 0.240 e. The van der Waals surface area contributed by atoms with E-state index in [9.17, 15) is 10.1 Å². The number of nitriles is 1. The van der Waals surface area contributed by atoms with Gasteiger partial charge in [0.25, 0.3) is 0 Å². The minimum absolute atomic E-state index is 0.0594. The van der Waals surface area contributed by atoms with Crippen molar-refractivity contribution in [1.82, 2.24) is 14.8 Å². The first kappa shape index (κ1) is 16.5. The third-order valence-corrected chi connectivity index (χ3v) is 5.31. The van der Waals surface area contributed by atoms with Gasteiger partial charge in [-0.3, -0.25) is 9.48 Å². The average molecular weight is 341 g/mol. The number of carbonyl (C=O) groups is 1. The Balaban J connectivity index is 1.86. The number of aromatic nitrogens is 3. The zero-order valence-electron chi connectivity index (χ0n) is 14.0. The summed E-state index contributed by atoms with van der Waals surface area (Å²) in [7, 11) is 1.84. The molecule has 0 saturated carbocycles. The van der Waals surface area contributed by atoms with Crippen LogP contribution in [0.15, 0.2) is 23.5 Å². The van der Waals surface area contributed by atoms with Gasteiger partial charge in [-0.1, -0.05) is 11.8 Å². The van der Waals surface area contributed by atoms with Gasteiger partial charge in [-0.2, -0.15) is 10.4 Å². The molecule has 24 heavy (non-hydrogen) atoms. The van der Waals surface area contributed by atoms with Crippen molar-refractivity contribution in [1.29, 1.82) is 5.26 Å². The minimum atomic E-state index is -0.222. The van der Waals surface area contributed by atoms with Crippen LogP contribution in [-0.2, 0) is 11.8 Å². The highest BCUT2D eigenvalue weighted by molar-refractivity contribution is 8.00. The van der Waals surface area contributed by atoms with E-state index in [0.29, 0.717) is 17.1 Å². The van der Waals surface area contributed by atoms with E-state index in [4.69, 9.17) is 0 Å². The lowest BCUT2D eigenvalue weighted by Crippen LogP contribution is -2.42. The first-order chi connectivity index (χ1) is 11.5. The average Bonchev–Trinajstić information content (AvgIpc) is 2.95. The molecule has 3 rings (SSSR count). The van der Waals surface area contributed by atoms with Crippen molar-refractivity contribution in [3.8, 4) is 6.07 Å². The molecule has 7 heteroatoms. The Labute approximate surface area is 145 Å². The Bertz CT molecular complexity index is 823. The highest BCUT2D eigenvalue weighted by atomic mass is 32.2. The predicted octanol–water partition coefficient (Wildman–Crippen LogP) is 2.59. The number of aryl methyl sites for hydroxylation is 3. The molecular weight excluding hydrogens is 322 g/mol. The number of amides is 1. The van der Waals surface area contributed by atoms with E-state index in [2.05, 4.69) is 16.2 Å². The molecule has 0 aromatic carbocycles. The van der Waals surface area contributed by atoms with Gasteiger partial charge in [0.1, 0.15) is 11.1 Å². The molecule has 1 saturated heterocycles. The molecule has 1 amide bonds. The first-order valence-electron chi connectivity index (χ1n) is 7.84. The van der Waals surface area contributed by atoms with Gasteiger partial charge in [0.15, 0.2) is 0 Å². The van der Waals surface area contributed by atoms with Crippen LogP contribution >= 0.6 is 11.8 Å². The van der Waals surface area contributed by atoms with E-state index < -0.39 is 0 Å². The smallest absolute Gasteiger partial charge is 0.240 e. The van der Waals surface area contributed by atoms with E-state index >= 15 is 0 Å². The number of hydrogen-bond acceptors (Lipinski definition) is 5. The number of nitrogens with zero attached hydrogens (tertiary/aromatic N) is 5. The Morgan fingerprint density at radius 1 is 1.42 bits per heavy atom. The lowest BCUT2D eigenvalue weighted by molar-refractivity contribution is -0.119. The van der Waals surface area contributed by atoms with Gasteiger partial charge in [0.05, 0.1) is 22.7 Å². The summed E-state index contributed by atoms with van der Waals surface area (Å²) in [6, 6.07) is 4.12. The molecule has 3 heterocycles. The lowest BCUT2D eigenvalue weighted by atomic mass is 10.1. The Kier molecular flexibility index (Phi) is 4.58. The molecule has 0 aliphatic carbocycles. The minimum Gasteiger partial charge on any atom is -0.309 e. The van der Waals surface area contributed by atoms with Gasteiger partial charge < -0.3 is 4.90 Å². The summed E-state index contributed by atoms with van der Waals surface area (Å²) >= 11 is 1.41. The standard InChI is InChI=1S/C17H19N5OS/c1-11-7-12(2)20-16(14(11)8-18)24-15-5-4-6-22(17(15)23)13-9-19-21(3)10-13/h7,9-10,15H,4-6H2,1-3H3. The maximum absolute atomic E-state index is 12.9. The second kappa shape index (κ2) is 6.65. The van der Waals surface area contributed by atoms with E-state index in [-0.39, 0.29) is 11.2 Å². The van der Waals surface area contributed by atoms with Gasteiger partial charge in [0.2, 0.25) is 5.91 Å². The second-order valence-corrected chi connectivity index (χ2v) is 7.17. The molecule has 0 N–H and O–H groups in total. The largest absolute Gasteiger partial charge is 0.309 e. The topological polar surface area (TPSA) is 74.8 Å². The molecule has 124 valence electrons. The summed E-state index contributed by atoms with van der Waals surface area (Å²) in [5.74, 6) is 0.0594. The van der Waals surface area contributed by atoms with Gasteiger partial charge in [0, 0.05) is 25.5 Å². The van der Waals surface area contributed by atoms with Crippen LogP contribution in [-0.4, -0.2) is 32.5 Å². The molecule has 0 radical (unpaired) electrons. The highest BCUT2D eigenvalue weighted by Crippen LogP contribution is 2.34. The number of hydrogen-bond donors (Lipinski definition) is 0. The monoisotopic (exact) mass is 341 g/mol. The summed E-state index contributed by atoms with van der Waals surface area (Å²) in [6.45, 7) is 4.51.